The van der Waals surface area contributed by atoms with Crippen molar-refractivity contribution in [3.8, 4) is 33.8 Å². The van der Waals surface area contributed by atoms with Crippen LogP contribution in [-0.2, 0) is 10.8 Å². The summed E-state index contributed by atoms with van der Waals surface area (Å²) in [7, 11) is 0. The van der Waals surface area contributed by atoms with Gasteiger partial charge in [0.25, 0.3) is 0 Å². The lowest BCUT2D eigenvalue weighted by Gasteiger charge is -2.34. The molecule has 0 saturated heterocycles. The summed E-state index contributed by atoms with van der Waals surface area (Å²) in [4.78, 5) is 0. The SMILES string of the molecule is CC1(C)c2ccccc2Oc2ccc(-c3ccc4c(c3)C(C)(c3ccccc3)c3cc5ccccc5cc3-4)cc21. The van der Waals surface area contributed by atoms with Gasteiger partial charge >= 0.3 is 0 Å². The monoisotopic (exact) mass is 514 g/mol. The zero-order chi connectivity index (χ0) is 27.1. The maximum atomic E-state index is 6.35. The molecular formula is C39H30O. The fourth-order valence-electron chi connectivity index (χ4n) is 7.10. The maximum absolute atomic E-state index is 6.35. The lowest BCUT2D eigenvalue weighted by molar-refractivity contribution is 0.418. The van der Waals surface area contributed by atoms with Gasteiger partial charge in [0.05, 0.1) is 0 Å². The molecule has 1 aliphatic carbocycles. The smallest absolute Gasteiger partial charge is 0.131 e. The van der Waals surface area contributed by atoms with Crippen molar-refractivity contribution in [3.63, 3.8) is 0 Å². The van der Waals surface area contributed by atoms with Crippen molar-refractivity contribution in [2.75, 3.05) is 0 Å². The Morgan fingerprint density at radius 2 is 1.05 bits per heavy atom. The maximum Gasteiger partial charge on any atom is 0.131 e. The predicted octanol–water partition coefficient (Wildman–Crippen LogP) is 10.3. The molecule has 0 bridgehead atoms. The van der Waals surface area contributed by atoms with Crippen LogP contribution >= 0.6 is 0 Å². The van der Waals surface area contributed by atoms with E-state index in [2.05, 4.69) is 142 Å². The molecule has 0 spiro atoms. The highest BCUT2D eigenvalue weighted by molar-refractivity contribution is 5.95. The van der Waals surface area contributed by atoms with Gasteiger partial charge in [0.1, 0.15) is 11.5 Å². The van der Waals surface area contributed by atoms with E-state index < -0.39 is 0 Å². The van der Waals surface area contributed by atoms with Gasteiger partial charge < -0.3 is 4.74 Å². The molecule has 0 saturated carbocycles. The highest BCUT2D eigenvalue weighted by Gasteiger charge is 2.41. The molecule has 2 aliphatic rings. The molecule has 1 aliphatic heterocycles. The van der Waals surface area contributed by atoms with E-state index >= 15 is 0 Å². The molecule has 0 aromatic heterocycles. The minimum Gasteiger partial charge on any atom is -0.457 e. The van der Waals surface area contributed by atoms with Gasteiger partial charge in [0, 0.05) is 22.0 Å². The molecule has 1 heteroatoms. The number of rotatable bonds is 2. The van der Waals surface area contributed by atoms with E-state index in [1.807, 2.05) is 6.07 Å². The van der Waals surface area contributed by atoms with Crippen LogP contribution in [0.25, 0.3) is 33.0 Å². The molecule has 1 nitrogen and oxygen atoms in total. The lowest BCUT2D eigenvalue weighted by atomic mass is 9.73. The van der Waals surface area contributed by atoms with Crippen molar-refractivity contribution < 1.29 is 4.74 Å². The lowest BCUT2D eigenvalue weighted by Crippen LogP contribution is -2.24. The summed E-state index contributed by atoms with van der Waals surface area (Å²) in [6.07, 6.45) is 0. The molecule has 0 N–H and O–H groups in total. The van der Waals surface area contributed by atoms with Crippen molar-refractivity contribution in [1.82, 2.24) is 0 Å². The van der Waals surface area contributed by atoms with E-state index in [0.717, 1.165) is 11.5 Å². The van der Waals surface area contributed by atoms with Gasteiger partial charge in [-0.15, -0.1) is 0 Å². The summed E-state index contributed by atoms with van der Waals surface area (Å²) in [6, 6.07) is 46.6. The first-order valence-electron chi connectivity index (χ1n) is 14.1. The van der Waals surface area contributed by atoms with Crippen molar-refractivity contribution in [3.05, 3.63) is 155 Å². The van der Waals surface area contributed by atoms with Crippen LogP contribution in [0, 0.1) is 0 Å². The van der Waals surface area contributed by atoms with E-state index in [0.29, 0.717) is 0 Å². The van der Waals surface area contributed by atoms with Crippen molar-refractivity contribution >= 4 is 10.8 Å². The van der Waals surface area contributed by atoms with Gasteiger partial charge in [0.15, 0.2) is 0 Å². The Morgan fingerprint density at radius 1 is 0.450 bits per heavy atom. The summed E-state index contributed by atoms with van der Waals surface area (Å²) in [5, 5.41) is 2.57. The molecule has 192 valence electrons. The fraction of sp³-hybridized carbons (Fsp3) is 0.128. The van der Waals surface area contributed by atoms with Crippen LogP contribution in [0.3, 0.4) is 0 Å². The van der Waals surface area contributed by atoms with Crippen LogP contribution in [0.2, 0.25) is 0 Å². The van der Waals surface area contributed by atoms with Crippen LogP contribution in [0.4, 0.5) is 0 Å². The van der Waals surface area contributed by atoms with E-state index in [1.165, 1.54) is 60.8 Å². The Morgan fingerprint density at radius 3 is 1.85 bits per heavy atom. The highest BCUT2D eigenvalue weighted by Crippen LogP contribution is 2.54. The Hall–Kier alpha value is -4.62. The predicted molar refractivity (Wildman–Crippen MR) is 165 cm³/mol. The molecule has 0 radical (unpaired) electrons. The van der Waals surface area contributed by atoms with Crippen LogP contribution < -0.4 is 4.74 Å². The first-order chi connectivity index (χ1) is 19.4. The van der Waals surface area contributed by atoms with Gasteiger partial charge in [0.2, 0.25) is 0 Å². The quantitative estimate of drug-likeness (QED) is 0.223. The Labute approximate surface area is 235 Å². The van der Waals surface area contributed by atoms with Gasteiger partial charge in [-0.3, -0.25) is 0 Å². The van der Waals surface area contributed by atoms with E-state index in [9.17, 15) is 0 Å². The number of benzene rings is 6. The Kier molecular flexibility index (Phi) is 4.77. The van der Waals surface area contributed by atoms with Crippen LogP contribution in [0.1, 0.15) is 48.6 Å². The summed E-state index contributed by atoms with van der Waals surface area (Å²) in [6.45, 7) is 6.99. The Bertz CT molecular complexity index is 1960. The number of para-hydroxylation sites is 1. The second kappa shape index (κ2) is 8.19. The zero-order valence-corrected chi connectivity index (χ0v) is 23.0. The van der Waals surface area contributed by atoms with Crippen molar-refractivity contribution in [2.45, 2.75) is 31.6 Å². The highest BCUT2D eigenvalue weighted by atomic mass is 16.5. The van der Waals surface area contributed by atoms with Crippen molar-refractivity contribution in [2.24, 2.45) is 0 Å². The van der Waals surface area contributed by atoms with Crippen LogP contribution in [0.15, 0.2) is 127 Å². The third-order valence-electron chi connectivity index (χ3n) is 9.39. The Balaban J connectivity index is 1.32. The van der Waals surface area contributed by atoms with Gasteiger partial charge in [-0.25, -0.2) is 0 Å². The number of hydrogen-bond donors (Lipinski definition) is 0. The van der Waals surface area contributed by atoms with Crippen molar-refractivity contribution in [1.29, 1.82) is 0 Å². The molecule has 40 heavy (non-hydrogen) atoms. The van der Waals surface area contributed by atoms with Gasteiger partial charge in [-0.05, 0) is 93.0 Å². The number of fused-ring (bicyclic) bond motifs is 6. The first-order valence-corrected chi connectivity index (χ1v) is 14.1. The van der Waals surface area contributed by atoms with Gasteiger partial charge in [-0.1, -0.05) is 105 Å². The molecule has 1 heterocycles. The average molecular weight is 515 g/mol. The van der Waals surface area contributed by atoms with E-state index in [-0.39, 0.29) is 10.8 Å². The molecule has 1 unspecified atom stereocenters. The second-order valence-corrected chi connectivity index (χ2v) is 11.9. The standard InChI is InChI=1S/C39H30O/c1-38(2)32-15-9-10-16-36(32)40-37-20-18-28(24-35(37)38)27-17-19-30-31-21-25-11-7-8-12-26(25)22-34(31)39(3,33(30)23-27)29-13-5-4-6-14-29/h4-24H,1-3H3. The molecule has 0 amide bonds. The number of hydrogen-bond acceptors (Lipinski definition) is 1. The summed E-state index contributed by atoms with van der Waals surface area (Å²) in [5.41, 5.74) is 11.2. The molecule has 6 aromatic carbocycles. The zero-order valence-electron chi connectivity index (χ0n) is 23.0. The average Bonchev–Trinajstić information content (AvgIpc) is 3.24. The third-order valence-corrected chi connectivity index (χ3v) is 9.39. The topological polar surface area (TPSA) is 9.23 Å². The fourth-order valence-corrected chi connectivity index (χ4v) is 7.10. The van der Waals surface area contributed by atoms with Crippen LogP contribution in [-0.4, -0.2) is 0 Å². The minimum absolute atomic E-state index is 0.147. The largest absolute Gasteiger partial charge is 0.457 e. The van der Waals surface area contributed by atoms with Gasteiger partial charge in [-0.2, -0.15) is 0 Å². The van der Waals surface area contributed by atoms with E-state index in [1.54, 1.807) is 0 Å². The number of ether oxygens (including phenoxy) is 1. The molecule has 1 atom stereocenters. The summed E-state index contributed by atoms with van der Waals surface area (Å²) < 4.78 is 6.35. The first kappa shape index (κ1) is 23.3. The van der Waals surface area contributed by atoms with E-state index in [4.69, 9.17) is 4.74 Å². The second-order valence-electron chi connectivity index (χ2n) is 11.9. The van der Waals surface area contributed by atoms with Crippen LogP contribution in [0.5, 0.6) is 11.5 Å². The molecule has 8 rings (SSSR count). The summed E-state index contributed by atoms with van der Waals surface area (Å²) >= 11 is 0. The molecule has 0 fully saturated rings. The summed E-state index contributed by atoms with van der Waals surface area (Å²) in [5.74, 6) is 1.90. The molecular weight excluding hydrogens is 484 g/mol. The molecule has 6 aromatic rings. The normalized spacial score (nSPS) is 17.9. The minimum atomic E-state index is -0.249. The third kappa shape index (κ3) is 3.15.